The summed E-state index contributed by atoms with van der Waals surface area (Å²) in [4.78, 5) is 11.2. The highest BCUT2D eigenvalue weighted by Crippen LogP contribution is 2.14. The van der Waals surface area contributed by atoms with E-state index in [9.17, 15) is 4.79 Å². The molecule has 0 aliphatic rings. The molecule has 1 aromatic carbocycles. The Morgan fingerprint density at radius 2 is 1.94 bits per heavy atom. The second kappa shape index (κ2) is 6.75. The molecule has 0 spiro atoms. The van der Waals surface area contributed by atoms with Gasteiger partial charge in [0.2, 0.25) is 0 Å². The van der Waals surface area contributed by atoms with Gasteiger partial charge >= 0.3 is 6.09 Å². The fourth-order valence-electron chi connectivity index (χ4n) is 1.28. The minimum atomic E-state index is -0.441. The highest BCUT2D eigenvalue weighted by molar-refractivity contribution is 5.84. The standard InChI is InChI=1S/C12H19N3O2/c1-3-17-12(16)15-11-6-4-10(5-7-11)14-9(2)8-13/h4-7,9,14H,3,8,13H2,1-2H3,(H,15,16). The van der Waals surface area contributed by atoms with Crippen molar-refractivity contribution in [2.24, 2.45) is 5.73 Å². The molecule has 0 aliphatic heterocycles. The summed E-state index contributed by atoms with van der Waals surface area (Å²) in [7, 11) is 0. The molecule has 1 atom stereocenters. The smallest absolute Gasteiger partial charge is 0.411 e. The monoisotopic (exact) mass is 237 g/mol. The zero-order chi connectivity index (χ0) is 12.7. The molecule has 0 heterocycles. The molecular formula is C12H19N3O2. The first-order valence-electron chi connectivity index (χ1n) is 5.66. The molecule has 5 nitrogen and oxygen atoms in total. The Balaban J connectivity index is 2.52. The fraction of sp³-hybridized carbons (Fsp3) is 0.417. The van der Waals surface area contributed by atoms with E-state index in [1.54, 1.807) is 6.92 Å². The van der Waals surface area contributed by atoms with E-state index < -0.39 is 6.09 Å². The van der Waals surface area contributed by atoms with E-state index in [0.717, 1.165) is 5.69 Å². The third-order valence-electron chi connectivity index (χ3n) is 2.17. The maximum atomic E-state index is 11.2. The van der Waals surface area contributed by atoms with Crippen molar-refractivity contribution in [3.63, 3.8) is 0 Å². The Kier molecular flexibility index (Phi) is 5.29. The molecule has 0 aromatic heterocycles. The highest BCUT2D eigenvalue weighted by atomic mass is 16.5. The summed E-state index contributed by atoms with van der Waals surface area (Å²) in [5.41, 5.74) is 7.19. The van der Waals surface area contributed by atoms with Crippen LogP contribution in [0.2, 0.25) is 0 Å². The SMILES string of the molecule is CCOC(=O)Nc1ccc(NC(C)CN)cc1. The second-order valence-electron chi connectivity index (χ2n) is 3.70. The number of hydrogen-bond acceptors (Lipinski definition) is 4. The Morgan fingerprint density at radius 3 is 2.47 bits per heavy atom. The van der Waals surface area contributed by atoms with Crippen LogP contribution in [-0.2, 0) is 4.74 Å². The summed E-state index contributed by atoms with van der Waals surface area (Å²) in [5.74, 6) is 0. The lowest BCUT2D eigenvalue weighted by atomic mass is 10.2. The van der Waals surface area contributed by atoms with Gasteiger partial charge in [-0.15, -0.1) is 0 Å². The summed E-state index contributed by atoms with van der Waals surface area (Å²) in [6.07, 6.45) is -0.441. The average Bonchev–Trinajstić information content (AvgIpc) is 2.32. The van der Waals surface area contributed by atoms with Crippen LogP contribution in [0.4, 0.5) is 16.2 Å². The lowest BCUT2D eigenvalue weighted by Gasteiger charge is -2.13. The Labute approximate surface area is 101 Å². The number of nitrogens with one attached hydrogen (secondary N) is 2. The molecule has 0 fully saturated rings. The molecule has 0 bridgehead atoms. The summed E-state index contributed by atoms with van der Waals surface area (Å²) in [6, 6.07) is 7.60. The summed E-state index contributed by atoms with van der Waals surface area (Å²) >= 11 is 0. The van der Waals surface area contributed by atoms with Gasteiger partial charge in [0, 0.05) is 24.0 Å². The van der Waals surface area contributed by atoms with Crippen molar-refractivity contribution in [1.29, 1.82) is 0 Å². The molecule has 0 aliphatic carbocycles. The number of hydrogen-bond donors (Lipinski definition) is 3. The molecule has 1 amide bonds. The zero-order valence-corrected chi connectivity index (χ0v) is 10.2. The third kappa shape index (κ3) is 4.74. The first-order valence-corrected chi connectivity index (χ1v) is 5.66. The predicted molar refractivity (Wildman–Crippen MR) is 69.2 cm³/mol. The third-order valence-corrected chi connectivity index (χ3v) is 2.17. The molecule has 0 saturated heterocycles. The normalized spacial score (nSPS) is 11.7. The van der Waals surface area contributed by atoms with E-state index in [1.165, 1.54) is 0 Å². The quantitative estimate of drug-likeness (QED) is 0.732. The van der Waals surface area contributed by atoms with Crippen molar-refractivity contribution in [3.8, 4) is 0 Å². The van der Waals surface area contributed by atoms with Crippen LogP contribution in [-0.4, -0.2) is 25.3 Å². The van der Waals surface area contributed by atoms with Crippen LogP contribution >= 0.6 is 0 Å². The van der Waals surface area contributed by atoms with Gasteiger partial charge < -0.3 is 15.8 Å². The second-order valence-corrected chi connectivity index (χ2v) is 3.70. The van der Waals surface area contributed by atoms with Crippen LogP contribution < -0.4 is 16.4 Å². The van der Waals surface area contributed by atoms with Crippen LogP contribution in [0.25, 0.3) is 0 Å². The predicted octanol–water partition coefficient (Wildman–Crippen LogP) is 2.01. The summed E-state index contributed by atoms with van der Waals surface area (Å²) in [5, 5.41) is 5.85. The van der Waals surface area contributed by atoms with Gasteiger partial charge in [0.1, 0.15) is 0 Å². The molecule has 17 heavy (non-hydrogen) atoms. The van der Waals surface area contributed by atoms with E-state index >= 15 is 0 Å². The van der Waals surface area contributed by atoms with E-state index in [4.69, 9.17) is 10.5 Å². The molecule has 1 unspecified atom stereocenters. The molecule has 0 saturated carbocycles. The van der Waals surface area contributed by atoms with Gasteiger partial charge in [-0.3, -0.25) is 5.32 Å². The molecular weight excluding hydrogens is 218 g/mol. The van der Waals surface area contributed by atoms with Gasteiger partial charge in [0.05, 0.1) is 6.61 Å². The average molecular weight is 237 g/mol. The number of anilines is 2. The zero-order valence-electron chi connectivity index (χ0n) is 10.2. The lowest BCUT2D eigenvalue weighted by Crippen LogP contribution is -2.25. The van der Waals surface area contributed by atoms with Gasteiger partial charge in [-0.05, 0) is 38.1 Å². The highest BCUT2D eigenvalue weighted by Gasteiger charge is 2.02. The molecule has 0 radical (unpaired) electrons. The number of rotatable bonds is 5. The lowest BCUT2D eigenvalue weighted by molar-refractivity contribution is 0.168. The van der Waals surface area contributed by atoms with Crippen molar-refractivity contribution in [3.05, 3.63) is 24.3 Å². The van der Waals surface area contributed by atoms with E-state index in [2.05, 4.69) is 10.6 Å². The molecule has 4 N–H and O–H groups in total. The van der Waals surface area contributed by atoms with Gasteiger partial charge in [-0.25, -0.2) is 4.79 Å². The van der Waals surface area contributed by atoms with Crippen LogP contribution in [0.5, 0.6) is 0 Å². The molecule has 1 rings (SSSR count). The van der Waals surface area contributed by atoms with Crippen LogP contribution in [0, 0.1) is 0 Å². The van der Waals surface area contributed by atoms with Crippen LogP contribution in [0.3, 0.4) is 0 Å². The van der Waals surface area contributed by atoms with E-state index in [1.807, 2.05) is 31.2 Å². The number of carbonyl (C=O) groups excluding carboxylic acids is 1. The molecule has 5 heteroatoms. The Morgan fingerprint density at radius 1 is 1.35 bits per heavy atom. The fourth-order valence-corrected chi connectivity index (χ4v) is 1.28. The number of amides is 1. The maximum absolute atomic E-state index is 11.2. The van der Waals surface area contributed by atoms with Crippen molar-refractivity contribution in [1.82, 2.24) is 0 Å². The van der Waals surface area contributed by atoms with Gasteiger partial charge in [-0.1, -0.05) is 0 Å². The summed E-state index contributed by atoms with van der Waals surface area (Å²) in [6.45, 7) is 4.70. The molecule has 1 aromatic rings. The minimum absolute atomic E-state index is 0.221. The van der Waals surface area contributed by atoms with Crippen LogP contribution in [0.15, 0.2) is 24.3 Å². The maximum Gasteiger partial charge on any atom is 0.411 e. The van der Waals surface area contributed by atoms with E-state index in [0.29, 0.717) is 18.8 Å². The van der Waals surface area contributed by atoms with Crippen LogP contribution in [0.1, 0.15) is 13.8 Å². The molecule has 94 valence electrons. The number of carbonyl (C=O) groups is 1. The Hall–Kier alpha value is -1.75. The summed E-state index contributed by atoms with van der Waals surface area (Å²) < 4.78 is 4.78. The van der Waals surface area contributed by atoms with E-state index in [-0.39, 0.29) is 6.04 Å². The van der Waals surface area contributed by atoms with Crippen molar-refractivity contribution in [2.45, 2.75) is 19.9 Å². The number of ether oxygens (including phenoxy) is 1. The first-order chi connectivity index (χ1) is 8.15. The van der Waals surface area contributed by atoms with Crippen molar-refractivity contribution < 1.29 is 9.53 Å². The number of benzene rings is 1. The number of nitrogens with two attached hydrogens (primary N) is 1. The topological polar surface area (TPSA) is 76.4 Å². The van der Waals surface area contributed by atoms with Gasteiger partial charge in [0.15, 0.2) is 0 Å². The van der Waals surface area contributed by atoms with Crippen molar-refractivity contribution >= 4 is 17.5 Å². The largest absolute Gasteiger partial charge is 0.450 e. The first kappa shape index (κ1) is 13.3. The van der Waals surface area contributed by atoms with Crippen molar-refractivity contribution in [2.75, 3.05) is 23.8 Å². The van der Waals surface area contributed by atoms with Gasteiger partial charge in [-0.2, -0.15) is 0 Å². The Bertz CT molecular complexity index is 351. The van der Waals surface area contributed by atoms with Gasteiger partial charge in [0.25, 0.3) is 0 Å². The minimum Gasteiger partial charge on any atom is -0.450 e.